The number of rotatable bonds is 7. The van der Waals surface area contributed by atoms with Crippen LogP contribution >= 0.6 is 0 Å². The average Bonchev–Trinajstić information content (AvgIpc) is 2.61. The lowest BCUT2D eigenvalue weighted by Crippen LogP contribution is -2.50. The number of esters is 1. The van der Waals surface area contributed by atoms with Gasteiger partial charge < -0.3 is 19.5 Å². The van der Waals surface area contributed by atoms with Gasteiger partial charge in [0.05, 0.1) is 12.2 Å². The second-order valence-corrected chi connectivity index (χ2v) is 9.56. The van der Waals surface area contributed by atoms with E-state index in [0.717, 1.165) is 25.7 Å². The Bertz CT molecular complexity index is 510. The molecule has 0 radical (unpaired) electrons. The maximum atomic E-state index is 12.0. The third-order valence-electron chi connectivity index (χ3n) is 6.00. The monoisotopic (exact) mass is 397 g/mol. The zero-order chi connectivity index (χ0) is 20.7. The number of carbonyl (C=O) groups is 2. The maximum absolute atomic E-state index is 12.0. The molecular weight excluding hydrogens is 358 g/mol. The Morgan fingerprint density at radius 1 is 1.14 bits per heavy atom. The largest absolute Gasteiger partial charge is 0.462 e. The van der Waals surface area contributed by atoms with Crippen LogP contribution in [-0.4, -0.2) is 49.9 Å². The Hall–Kier alpha value is -1.14. The summed E-state index contributed by atoms with van der Waals surface area (Å²) in [6, 6.07) is 0.0509. The Balaban J connectivity index is 2.07. The molecule has 0 unspecified atom stereocenters. The molecule has 1 aliphatic heterocycles. The molecule has 162 valence electrons. The van der Waals surface area contributed by atoms with Gasteiger partial charge in [-0.3, -0.25) is 9.59 Å². The molecule has 0 aromatic carbocycles. The highest BCUT2D eigenvalue weighted by atomic mass is 16.5. The second kappa shape index (κ2) is 10.6. The summed E-state index contributed by atoms with van der Waals surface area (Å²) < 4.78 is 17.1. The fourth-order valence-corrected chi connectivity index (χ4v) is 4.56. The van der Waals surface area contributed by atoms with Crippen molar-refractivity contribution in [3.63, 3.8) is 0 Å². The molecule has 1 heterocycles. The van der Waals surface area contributed by atoms with Crippen molar-refractivity contribution in [2.45, 2.75) is 103 Å². The van der Waals surface area contributed by atoms with Crippen LogP contribution in [0, 0.1) is 11.3 Å². The summed E-state index contributed by atoms with van der Waals surface area (Å²) in [4.78, 5) is 23.8. The Morgan fingerprint density at radius 2 is 1.82 bits per heavy atom. The number of hydrogen-bond donors (Lipinski definition) is 1. The van der Waals surface area contributed by atoms with Crippen LogP contribution in [0.1, 0.15) is 79.1 Å². The van der Waals surface area contributed by atoms with Gasteiger partial charge in [0, 0.05) is 26.5 Å². The predicted octanol–water partition coefficient (Wildman–Crippen LogP) is 3.61. The molecule has 0 aromatic rings. The summed E-state index contributed by atoms with van der Waals surface area (Å²) in [5, 5.41) is 3.09. The smallest absolute Gasteiger partial charge is 0.302 e. The van der Waals surface area contributed by atoms with Gasteiger partial charge in [-0.15, -0.1) is 0 Å². The highest BCUT2D eigenvalue weighted by Crippen LogP contribution is 2.36. The van der Waals surface area contributed by atoms with E-state index in [4.69, 9.17) is 14.2 Å². The van der Waals surface area contributed by atoms with Gasteiger partial charge >= 0.3 is 5.97 Å². The third kappa shape index (κ3) is 7.36. The molecule has 6 heteroatoms. The zero-order valence-corrected chi connectivity index (χ0v) is 18.3. The average molecular weight is 398 g/mol. The van der Waals surface area contributed by atoms with Crippen LogP contribution < -0.4 is 5.32 Å². The first-order valence-corrected chi connectivity index (χ1v) is 10.8. The van der Waals surface area contributed by atoms with Crippen molar-refractivity contribution in [3.8, 4) is 0 Å². The van der Waals surface area contributed by atoms with E-state index in [0.29, 0.717) is 12.3 Å². The van der Waals surface area contributed by atoms with Crippen molar-refractivity contribution in [3.05, 3.63) is 0 Å². The topological polar surface area (TPSA) is 73.9 Å². The van der Waals surface area contributed by atoms with Crippen molar-refractivity contribution in [2.75, 3.05) is 13.7 Å². The fraction of sp³-hybridized carbons (Fsp3) is 0.909. The molecule has 6 nitrogen and oxygen atoms in total. The molecule has 0 aromatic heterocycles. The van der Waals surface area contributed by atoms with Crippen LogP contribution in [0.2, 0.25) is 0 Å². The summed E-state index contributed by atoms with van der Waals surface area (Å²) in [6.07, 6.45) is 8.04. The number of nitrogens with one attached hydrogen (secondary N) is 1. The molecule has 2 fully saturated rings. The van der Waals surface area contributed by atoms with Crippen molar-refractivity contribution in [2.24, 2.45) is 11.3 Å². The zero-order valence-electron chi connectivity index (χ0n) is 18.3. The fourth-order valence-electron chi connectivity index (χ4n) is 4.56. The molecule has 28 heavy (non-hydrogen) atoms. The normalized spacial score (nSPS) is 27.8. The van der Waals surface area contributed by atoms with Gasteiger partial charge in [-0.2, -0.15) is 0 Å². The summed E-state index contributed by atoms with van der Waals surface area (Å²) in [5.41, 5.74) is -0.0231. The summed E-state index contributed by atoms with van der Waals surface area (Å²) in [6.45, 7) is 8.06. The lowest BCUT2D eigenvalue weighted by Gasteiger charge is -2.43. The number of carbonyl (C=O) groups excluding carboxylic acids is 2. The van der Waals surface area contributed by atoms with Crippen molar-refractivity contribution in [1.29, 1.82) is 0 Å². The summed E-state index contributed by atoms with van der Waals surface area (Å²) in [5.74, 6) is 0.103. The van der Waals surface area contributed by atoms with Gasteiger partial charge in [0.25, 0.3) is 0 Å². The second-order valence-electron chi connectivity index (χ2n) is 9.56. The Labute approximate surface area is 170 Å². The highest BCUT2D eigenvalue weighted by Gasteiger charge is 2.39. The number of amides is 1. The predicted molar refractivity (Wildman–Crippen MR) is 108 cm³/mol. The first-order valence-electron chi connectivity index (χ1n) is 10.8. The van der Waals surface area contributed by atoms with Gasteiger partial charge in [0.2, 0.25) is 5.91 Å². The first-order chi connectivity index (χ1) is 13.2. The molecule has 1 aliphatic carbocycles. The van der Waals surface area contributed by atoms with Gasteiger partial charge in [0.1, 0.15) is 12.7 Å². The molecule has 0 bridgehead atoms. The number of ether oxygens (including phenoxy) is 3. The van der Waals surface area contributed by atoms with E-state index in [1.54, 1.807) is 0 Å². The van der Waals surface area contributed by atoms with E-state index in [9.17, 15) is 9.59 Å². The first kappa shape index (κ1) is 23.1. The minimum absolute atomic E-state index is 0.0231. The van der Waals surface area contributed by atoms with Crippen LogP contribution in [0.5, 0.6) is 0 Å². The standard InChI is InChI=1S/C22H39NO5/c1-15(24)27-19(16-9-7-6-8-10-16)13-18-11-17(23-21(25)14-26-5)12-20(28-18)22(2,3)4/h16-20H,6-14H2,1-5H3,(H,23,25)/t17-,18-,19+,20+/m0/s1. The van der Waals surface area contributed by atoms with E-state index in [2.05, 4.69) is 26.1 Å². The van der Waals surface area contributed by atoms with Crippen LogP contribution in [0.15, 0.2) is 0 Å². The van der Waals surface area contributed by atoms with Gasteiger partial charge in [-0.05, 0) is 37.0 Å². The molecular formula is C22H39NO5. The molecule has 1 saturated carbocycles. The van der Waals surface area contributed by atoms with E-state index in [-0.39, 0.29) is 48.3 Å². The molecule has 1 N–H and O–H groups in total. The van der Waals surface area contributed by atoms with Crippen LogP contribution in [-0.2, 0) is 23.8 Å². The number of hydrogen-bond acceptors (Lipinski definition) is 5. The molecule has 1 saturated heterocycles. The molecule has 4 atom stereocenters. The Morgan fingerprint density at radius 3 is 2.39 bits per heavy atom. The minimum atomic E-state index is -0.219. The summed E-state index contributed by atoms with van der Waals surface area (Å²) in [7, 11) is 1.53. The maximum Gasteiger partial charge on any atom is 0.302 e. The Kier molecular flexibility index (Phi) is 8.75. The van der Waals surface area contributed by atoms with E-state index >= 15 is 0 Å². The van der Waals surface area contributed by atoms with Gasteiger partial charge in [-0.25, -0.2) is 0 Å². The summed E-state index contributed by atoms with van der Waals surface area (Å²) >= 11 is 0. The van der Waals surface area contributed by atoms with Crippen LogP contribution in [0.4, 0.5) is 0 Å². The number of methoxy groups -OCH3 is 1. The SMILES string of the molecule is COCC(=O)N[C@H]1C[C@@H](C[C@@H](OC(C)=O)C2CCCCC2)O[C@@H](C(C)(C)C)C1. The molecule has 2 aliphatic rings. The quantitative estimate of drug-likeness (QED) is 0.664. The van der Waals surface area contributed by atoms with Gasteiger partial charge in [-0.1, -0.05) is 40.0 Å². The minimum Gasteiger partial charge on any atom is -0.462 e. The third-order valence-corrected chi connectivity index (χ3v) is 6.00. The van der Waals surface area contributed by atoms with Crippen molar-refractivity contribution < 1.29 is 23.8 Å². The molecule has 2 rings (SSSR count). The lowest BCUT2D eigenvalue weighted by molar-refractivity contribution is -0.159. The van der Waals surface area contributed by atoms with Crippen molar-refractivity contribution >= 4 is 11.9 Å². The van der Waals surface area contributed by atoms with Gasteiger partial charge in [0.15, 0.2) is 0 Å². The van der Waals surface area contributed by atoms with E-state index in [1.165, 1.54) is 33.3 Å². The molecule has 1 amide bonds. The van der Waals surface area contributed by atoms with E-state index in [1.807, 2.05) is 0 Å². The van der Waals surface area contributed by atoms with Crippen LogP contribution in [0.25, 0.3) is 0 Å². The van der Waals surface area contributed by atoms with E-state index < -0.39 is 0 Å². The van der Waals surface area contributed by atoms with Crippen LogP contribution in [0.3, 0.4) is 0 Å². The highest BCUT2D eigenvalue weighted by molar-refractivity contribution is 5.77. The lowest BCUT2D eigenvalue weighted by atomic mass is 9.79. The molecule has 0 spiro atoms. The van der Waals surface area contributed by atoms with Crippen molar-refractivity contribution in [1.82, 2.24) is 5.32 Å².